The summed E-state index contributed by atoms with van der Waals surface area (Å²) in [6, 6.07) is 0. The van der Waals surface area contributed by atoms with Crippen molar-refractivity contribution in [1.82, 2.24) is 0 Å². The van der Waals surface area contributed by atoms with Gasteiger partial charge in [0.05, 0.1) is 11.2 Å². The molecule has 0 amide bonds. The lowest BCUT2D eigenvalue weighted by Crippen LogP contribution is -2.54. The predicted molar refractivity (Wildman–Crippen MR) is 58.3 cm³/mol. The third-order valence-corrected chi connectivity index (χ3v) is 4.13. The molecule has 0 spiro atoms. The molecule has 0 aliphatic heterocycles. The fourth-order valence-electron chi connectivity index (χ4n) is 2.36. The summed E-state index contributed by atoms with van der Waals surface area (Å²) in [4.78, 5) is 0. The number of hydrogen-bond donors (Lipinski definition) is 1. The standard InChI is InChI=1S/C12H24O2/c1-11(2,14-4)12(3,13)10-8-6-5-7-9-10/h10,13H,5-9H2,1-4H3. The highest BCUT2D eigenvalue weighted by Crippen LogP contribution is 2.39. The first-order chi connectivity index (χ1) is 6.42. The zero-order valence-corrected chi connectivity index (χ0v) is 9.97. The van der Waals surface area contributed by atoms with E-state index in [1.807, 2.05) is 20.8 Å². The van der Waals surface area contributed by atoms with Gasteiger partial charge in [0, 0.05) is 7.11 Å². The van der Waals surface area contributed by atoms with E-state index in [9.17, 15) is 5.11 Å². The van der Waals surface area contributed by atoms with Gasteiger partial charge in [-0.2, -0.15) is 0 Å². The van der Waals surface area contributed by atoms with Gasteiger partial charge in [0.1, 0.15) is 0 Å². The molecule has 1 aliphatic carbocycles. The number of aliphatic hydroxyl groups is 1. The summed E-state index contributed by atoms with van der Waals surface area (Å²) in [5.74, 6) is 0.395. The zero-order chi connectivity index (χ0) is 10.8. The van der Waals surface area contributed by atoms with Gasteiger partial charge in [-0.3, -0.25) is 0 Å². The lowest BCUT2D eigenvalue weighted by Gasteiger charge is -2.45. The normalized spacial score (nSPS) is 24.6. The minimum Gasteiger partial charge on any atom is -0.387 e. The molecule has 0 aromatic heterocycles. The lowest BCUT2D eigenvalue weighted by atomic mass is 9.70. The van der Waals surface area contributed by atoms with Crippen LogP contribution in [0.1, 0.15) is 52.9 Å². The van der Waals surface area contributed by atoms with E-state index in [-0.39, 0.29) is 0 Å². The fraction of sp³-hybridized carbons (Fsp3) is 1.00. The average molecular weight is 200 g/mol. The van der Waals surface area contributed by atoms with Crippen molar-refractivity contribution in [1.29, 1.82) is 0 Å². The Morgan fingerprint density at radius 3 is 2.00 bits per heavy atom. The van der Waals surface area contributed by atoms with Crippen molar-refractivity contribution in [3.8, 4) is 0 Å². The highest BCUT2D eigenvalue weighted by molar-refractivity contribution is 4.97. The molecule has 1 N–H and O–H groups in total. The molecule has 0 bridgehead atoms. The molecule has 0 aromatic rings. The van der Waals surface area contributed by atoms with E-state index in [4.69, 9.17) is 4.74 Å². The quantitative estimate of drug-likeness (QED) is 0.759. The van der Waals surface area contributed by atoms with Crippen LogP contribution in [0.2, 0.25) is 0 Å². The Morgan fingerprint density at radius 1 is 1.07 bits per heavy atom. The summed E-state index contributed by atoms with van der Waals surface area (Å²) in [6.45, 7) is 5.87. The molecule has 1 unspecified atom stereocenters. The maximum absolute atomic E-state index is 10.5. The van der Waals surface area contributed by atoms with Crippen LogP contribution in [-0.4, -0.2) is 23.4 Å². The third-order valence-electron chi connectivity index (χ3n) is 4.13. The molecular formula is C12H24O2. The van der Waals surface area contributed by atoms with Crippen LogP contribution in [0.25, 0.3) is 0 Å². The topological polar surface area (TPSA) is 29.5 Å². The van der Waals surface area contributed by atoms with Gasteiger partial charge in [-0.1, -0.05) is 19.3 Å². The minimum absolute atomic E-state index is 0.395. The molecule has 84 valence electrons. The van der Waals surface area contributed by atoms with Gasteiger partial charge in [0.25, 0.3) is 0 Å². The van der Waals surface area contributed by atoms with Crippen molar-refractivity contribution >= 4 is 0 Å². The van der Waals surface area contributed by atoms with Gasteiger partial charge in [-0.05, 0) is 39.5 Å². The zero-order valence-electron chi connectivity index (χ0n) is 9.97. The first kappa shape index (κ1) is 12.0. The second kappa shape index (κ2) is 4.19. The van der Waals surface area contributed by atoms with E-state index in [0.717, 1.165) is 12.8 Å². The molecule has 0 radical (unpaired) electrons. The molecule has 2 heteroatoms. The SMILES string of the molecule is COC(C)(C)C(C)(O)C1CCCCC1. The van der Waals surface area contributed by atoms with E-state index in [1.165, 1.54) is 19.3 Å². The summed E-state index contributed by atoms with van der Waals surface area (Å²) in [7, 11) is 1.68. The van der Waals surface area contributed by atoms with E-state index >= 15 is 0 Å². The fourth-order valence-corrected chi connectivity index (χ4v) is 2.36. The summed E-state index contributed by atoms with van der Waals surface area (Å²) < 4.78 is 5.41. The monoisotopic (exact) mass is 200 g/mol. The first-order valence-electron chi connectivity index (χ1n) is 5.69. The van der Waals surface area contributed by atoms with Crippen molar-refractivity contribution in [3.05, 3.63) is 0 Å². The van der Waals surface area contributed by atoms with Crippen LogP contribution in [0, 0.1) is 5.92 Å². The third kappa shape index (κ3) is 2.12. The molecular weight excluding hydrogens is 176 g/mol. The van der Waals surface area contributed by atoms with Crippen LogP contribution >= 0.6 is 0 Å². The van der Waals surface area contributed by atoms with Gasteiger partial charge >= 0.3 is 0 Å². The molecule has 1 saturated carbocycles. The van der Waals surface area contributed by atoms with E-state index in [0.29, 0.717) is 5.92 Å². The Bertz CT molecular complexity index is 179. The maximum atomic E-state index is 10.5. The Balaban J connectivity index is 2.71. The first-order valence-corrected chi connectivity index (χ1v) is 5.69. The molecule has 1 atom stereocenters. The van der Waals surface area contributed by atoms with Crippen molar-refractivity contribution in [3.63, 3.8) is 0 Å². The van der Waals surface area contributed by atoms with Gasteiger partial charge in [-0.25, -0.2) is 0 Å². The minimum atomic E-state index is -0.706. The van der Waals surface area contributed by atoms with Crippen molar-refractivity contribution in [2.45, 2.75) is 64.1 Å². The molecule has 1 rings (SSSR count). The molecule has 1 fully saturated rings. The van der Waals surface area contributed by atoms with E-state index in [1.54, 1.807) is 7.11 Å². The number of rotatable bonds is 3. The Morgan fingerprint density at radius 2 is 1.57 bits per heavy atom. The Kier molecular flexibility index (Phi) is 3.59. The number of hydrogen-bond acceptors (Lipinski definition) is 2. The summed E-state index contributed by atoms with van der Waals surface area (Å²) in [5.41, 5.74) is -1.16. The Labute approximate surface area is 87.7 Å². The van der Waals surface area contributed by atoms with Crippen molar-refractivity contribution in [2.24, 2.45) is 5.92 Å². The molecule has 14 heavy (non-hydrogen) atoms. The van der Waals surface area contributed by atoms with Crippen LogP contribution in [-0.2, 0) is 4.74 Å². The smallest absolute Gasteiger partial charge is 0.0930 e. The van der Waals surface area contributed by atoms with Crippen LogP contribution < -0.4 is 0 Å². The van der Waals surface area contributed by atoms with Crippen molar-refractivity contribution < 1.29 is 9.84 Å². The van der Waals surface area contributed by atoms with Gasteiger partial charge in [0.15, 0.2) is 0 Å². The van der Waals surface area contributed by atoms with Gasteiger partial charge in [-0.15, -0.1) is 0 Å². The molecule has 0 aromatic carbocycles. The summed E-state index contributed by atoms with van der Waals surface area (Å²) in [5, 5.41) is 10.5. The second-order valence-electron chi connectivity index (χ2n) is 5.20. The molecule has 0 saturated heterocycles. The van der Waals surface area contributed by atoms with Crippen molar-refractivity contribution in [2.75, 3.05) is 7.11 Å². The van der Waals surface area contributed by atoms with Crippen LogP contribution in [0.5, 0.6) is 0 Å². The Hall–Kier alpha value is -0.0800. The van der Waals surface area contributed by atoms with Crippen LogP contribution in [0.15, 0.2) is 0 Å². The highest BCUT2D eigenvalue weighted by Gasteiger charge is 2.45. The molecule has 2 nitrogen and oxygen atoms in total. The summed E-state index contributed by atoms with van der Waals surface area (Å²) in [6.07, 6.45) is 6.10. The number of methoxy groups -OCH3 is 1. The summed E-state index contributed by atoms with van der Waals surface area (Å²) >= 11 is 0. The highest BCUT2D eigenvalue weighted by atomic mass is 16.5. The number of ether oxygens (including phenoxy) is 1. The molecule has 0 heterocycles. The van der Waals surface area contributed by atoms with E-state index in [2.05, 4.69) is 0 Å². The average Bonchev–Trinajstić information content (AvgIpc) is 2.19. The second-order valence-corrected chi connectivity index (χ2v) is 5.20. The van der Waals surface area contributed by atoms with Crippen LogP contribution in [0.4, 0.5) is 0 Å². The molecule has 1 aliphatic rings. The maximum Gasteiger partial charge on any atom is 0.0930 e. The lowest BCUT2D eigenvalue weighted by molar-refractivity contribution is -0.173. The van der Waals surface area contributed by atoms with Crippen LogP contribution in [0.3, 0.4) is 0 Å². The largest absolute Gasteiger partial charge is 0.387 e. The predicted octanol–water partition coefficient (Wildman–Crippen LogP) is 2.74. The van der Waals surface area contributed by atoms with Gasteiger partial charge in [0.2, 0.25) is 0 Å². The van der Waals surface area contributed by atoms with Gasteiger partial charge < -0.3 is 9.84 Å². The van der Waals surface area contributed by atoms with E-state index < -0.39 is 11.2 Å².